The molecule has 2 heterocycles. The quantitative estimate of drug-likeness (QED) is 0.676. The largest absolute Gasteiger partial charge is 0.476 e. The van der Waals surface area contributed by atoms with Crippen molar-refractivity contribution in [2.24, 2.45) is 7.05 Å². The first-order chi connectivity index (χ1) is 11.9. The van der Waals surface area contributed by atoms with Crippen molar-refractivity contribution in [1.82, 2.24) is 24.9 Å². The first-order valence-corrected chi connectivity index (χ1v) is 7.81. The monoisotopic (exact) mass is 348 g/mol. The molecule has 0 radical (unpaired) electrons. The number of carboxylic acids is 1. The summed E-state index contributed by atoms with van der Waals surface area (Å²) in [7, 11) is 1.52. The predicted molar refractivity (Wildman–Crippen MR) is 88.6 cm³/mol. The summed E-state index contributed by atoms with van der Waals surface area (Å²) in [6.07, 6.45) is 3.59. The van der Waals surface area contributed by atoms with Crippen molar-refractivity contribution in [1.29, 1.82) is 0 Å². The van der Waals surface area contributed by atoms with Gasteiger partial charge in [-0.25, -0.2) is 4.79 Å². The highest BCUT2D eigenvalue weighted by Gasteiger charge is 2.24. The van der Waals surface area contributed by atoms with Crippen LogP contribution in [0.2, 0.25) is 0 Å². The normalized spacial score (nSPS) is 10.5. The number of amides is 2. The Morgan fingerprint density at radius 2 is 1.84 bits per heavy atom. The van der Waals surface area contributed by atoms with Crippen molar-refractivity contribution in [3.8, 4) is 0 Å². The van der Waals surface area contributed by atoms with Crippen molar-refractivity contribution >= 4 is 23.5 Å². The van der Waals surface area contributed by atoms with E-state index >= 15 is 0 Å². The summed E-state index contributed by atoms with van der Waals surface area (Å²) < 4.78 is 2.75. The molecule has 0 unspecified atom stereocenters. The van der Waals surface area contributed by atoms with Gasteiger partial charge in [-0.1, -0.05) is 6.92 Å². The molecule has 2 aromatic heterocycles. The van der Waals surface area contributed by atoms with E-state index in [9.17, 15) is 14.4 Å². The van der Waals surface area contributed by atoms with Crippen LogP contribution in [0.15, 0.2) is 12.4 Å². The Labute approximate surface area is 143 Å². The number of hydrogen-bond acceptors (Lipinski definition) is 5. The van der Waals surface area contributed by atoms with E-state index in [2.05, 4.69) is 20.8 Å². The van der Waals surface area contributed by atoms with E-state index in [-0.39, 0.29) is 22.6 Å². The molecule has 0 atom stereocenters. The summed E-state index contributed by atoms with van der Waals surface area (Å²) in [5.74, 6) is -2.39. The Hall–Kier alpha value is -3.17. The lowest BCUT2D eigenvalue weighted by Crippen LogP contribution is -2.26. The van der Waals surface area contributed by atoms with E-state index < -0.39 is 17.8 Å². The fraction of sp³-hybridized carbons (Fsp3) is 0.400. The second-order valence-electron chi connectivity index (χ2n) is 5.33. The minimum absolute atomic E-state index is 0.0735. The number of nitrogens with zero attached hydrogens (tertiary/aromatic N) is 4. The average Bonchev–Trinajstić information content (AvgIpc) is 3.16. The van der Waals surface area contributed by atoms with E-state index in [1.165, 1.54) is 28.8 Å². The van der Waals surface area contributed by atoms with Gasteiger partial charge in [-0.3, -0.25) is 19.0 Å². The van der Waals surface area contributed by atoms with E-state index in [0.29, 0.717) is 13.1 Å². The molecular formula is C15H20N6O4. The summed E-state index contributed by atoms with van der Waals surface area (Å²) in [6, 6.07) is 0. The Bertz CT molecular complexity index is 807. The minimum Gasteiger partial charge on any atom is -0.476 e. The fourth-order valence-corrected chi connectivity index (χ4v) is 2.17. The summed E-state index contributed by atoms with van der Waals surface area (Å²) >= 11 is 0. The van der Waals surface area contributed by atoms with Crippen LogP contribution in [0.3, 0.4) is 0 Å². The molecule has 25 heavy (non-hydrogen) atoms. The Morgan fingerprint density at radius 3 is 2.44 bits per heavy atom. The second kappa shape index (κ2) is 7.60. The molecule has 0 saturated carbocycles. The zero-order valence-electron chi connectivity index (χ0n) is 14.2. The van der Waals surface area contributed by atoms with Gasteiger partial charge < -0.3 is 15.7 Å². The van der Waals surface area contributed by atoms with Gasteiger partial charge in [-0.2, -0.15) is 10.2 Å². The van der Waals surface area contributed by atoms with E-state index in [0.717, 1.165) is 6.42 Å². The Balaban J connectivity index is 2.30. The van der Waals surface area contributed by atoms with Crippen LogP contribution >= 0.6 is 0 Å². The van der Waals surface area contributed by atoms with Crippen LogP contribution in [-0.2, 0) is 13.6 Å². The first-order valence-electron chi connectivity index (χ1n) is 7.81. The molecule has 0 fully saturated rings. The number of aromatic carboxylic acids is 1. The number of rotatable bonds is 7. The number of carbonyl (C=O) groups excluding carboxylic acids is 2. The SMILES string of the molecule is CCCNC(=O)c1nn(CC)cc1NC(=O)c1cn(C)nc1C(=O)O. The molecule has 0 bridgehead atoms. The molecule has 2 aromatic rings. The van der Waals surface area contributed by atoms with Crippen molar-refractivity contribution < 1.29 is 19.5 Å². The number of aryl methyl sites for hydroxylation is 2. The topological polar surface area (TPSA) is 131 Å². The number of aromatic nitrogens is 4. The van der Waals surface area contributed by atoms with Crippen molar-refractivity contribution in [3.63, 3.8) is 0 Å². The van der Waals surface area contributed by atoms with Crippen LogP contribution < -0.4 is 10.6 Å². The van der Waals surface area contributed by atoms with Crippen LogP contribution in [0.1, 0.15) is 51.6 Å². The molecule has 0 aliphatic carbocycles. The third-order valence-electron chi connectivity index (χ3n) is 3.36. The highest BCUT2D eigenvalue weighted by molar-refractivity contribution is 6.11. The zero-order valence-corrected chi connectivity index (χ0v) is 14.2. The molecule has 2 amide bonds. The Kier molecular flexibility index (Phi) is 5.52. The van der Waals surface area contributed by atoms with Crippen molar-refractivity contribution in [2.45, 2.75) is 26.8 Å². The maximum atomic E-state index is 12.4. The zero-order chi connectivity index (χ0) is 18.6. The standard InChI is InChI=1S/C15H20N6O4/c1-4-6-16-14(23)12-10(8-21(5-2)19-12)17-13(22)9-7-20(3)18-11(9)15(24)25/h7-8H,4-6H2,1-3H3,(H,16,23)(H,17,22)(H,24,25). The lowest BCUT2D eigenvalue weighted by molar-refractivity contribution is 0.0685. The number of carboxylic acid groups (broad SMARTS) is 1. The third kappa shape index (κ3) is 4.03. The number of nitrogens with one attached hydrogen (secondary N) is 2. The van der Waals surface area contributed by atoms with Gasteiger partial charge in [-0.05, 0) is 13.3 Å². The average molecular weight is 348 g/mol. The highest BCUT2D eigenvalue weighted by Crippen LogP contribution is 2.17. The van der Waals surface area contributed by atoms with Crippen molar-refractivity contribution in [3.05, 3.63) is 29.3 Å². The Morgan fingerprint density at radius 1 is 1.12 bits per heavy atom. The molecule has 0 aliphatic rings. The van der Waals surface area contributed by atoms with Gasteiger partial charge >= 0.3 is 5.97 Å². The van der Waals surface area contributed by atoms with Gasteiger partial charge in [0, 0.05) is 32.5 Å². The smallest absolute Gasteiger partial charge is 0.357 e. The van der Waals surface area contributed by atoms with Gasteiger partial charge in [-0.15, -0.1) is 0 Å². The molecule has 134 valence electrons. The second-order valence-corrected chi connectivity index (χ2v) is 5.33. The van der Waals surface area contributed by atoms with Gasteiger partial charge in [0.05, 0.1) is 11.3 Å². The number of anilines is 1. The van der Waals surface area contributed by atoms with Gasteiger partial charge in [0.1, 0.15) is 0 Å². The molecule has 10 heteroatoms. The summed E-state index contributed by atoms with van der Waals surface area (Å²) in [5, 5.41) is 22.3. The van der Waals surface area contributed by atoms with Crippen LogP contribution in [0.5, 0.6) is 0 Å². The van der Waals surface area contributed by atoms with Crippen LogP contribution in [0.25, 0.3) is 0 Å². The lowest BCUT2D eigenvalue weighted by atomic mass is 10.2. The highest BCUT2D eigenvalue weighted by atomic mass is 16.4. The van der Waals surface area contributed by atoms with E-state index in [4.69, 9.17) is 5.11 Å². The molecular weight excluding hydrogens is 328 g/mol. The lowest BCUT2D eigenvalue weighted by Gasteiger charge is -2.05. The molecule has 0 aromatic carbocycles. The molecule has 0 aliphatic heterocycles. The summed E-state index contributed by atoms with van der Waals surface area (Å²) in [4.78, 5) is 35.8. The van der Waals surface area contributed by atoms with Crippen molar-refractivity contribution in [2.75, 3.05) is 11.9 Å². The van der Waals surface area contributed by atoms with Gasteiger partial charge in [0.25, 0.3) is 11.8 Å². The summed E-state index contributed by atoms with van der Waals surface area (Å²) in [5.41, 5.74) is -0.177. The predicted octanol–water partition coefficient (Wildman–Crippen LogP) is 0.727. The maximum Gasteiger partial charge on any atom is 0.357 e. The van der Waals surface area contributed by atoms with Crippen LogP contribution in [-0.4, -0.2) is 49.0 Å². The van der Waals surface area contributed by atoms with Crippen LogP contribution in [0.4, 0.5) is 5.69 Å². The molecule has 0 saturated heterocycles. The van der Waals surface area contributed by atoms with E-state index in [1.54, 1.807) is 0 Å². The number of carbonyl (C=O) groups is 3. The minimum atomic E-state index is -1.31. The van der Waals surface area contributed by atoms with Gasteiger partial charge in [0.15, 0.2) is 11.4 Å². The molecule has 2 rings (SSSR count). The van der Waals surface area contributed by atoms with E-state index in [1.807, 2.05) is 13.8 Å². The molecule has 3 N–H and O–H groups in total. The fourth-order valence-electron chi connectivity index (χ4n) is 2.17. The van der Waals surface area contributed by atoms with Gasteiger partial charge in [0.2, 0.25) is 0 Å². The van der Waals surface area contributed by atoms with Crippen LogP contribution in [0, 0.1) is 0 Å². The third-order valence-corrected chi connectivity index (χ3v) is 3.36. The summed E-state index contributed by atoms with van der Waals surface area (Å²) in [6.45, 7) is 4.76. The first kappa shape index (κ1) is 18.2. The molecule has 10 nitrogen and oxygen atoms in total. The maximum absolute atomic E-state index is 12.4. The number of hydrogen-bond donors (Lipinski definition) is 3. The molecule has 0 spiro atoms.